The normalized spacial score (nSPS) is 42.0. The molecule has 2 aliphatic carbocycles. The summed E-state index contributed by atoms with van der Waals surface area (Å²) in [5.41, 5.74) is 0.474. The summed E-state index contributed by atoms with van der Waals surface area (Å²) in [6.45, 7) is 8.69. The number of rotatable bonds is 3. The van der Waals surface area contributed by atoms with Crippen LogP contribution in [0, 0.1) is 11.8 Å². The average Bonchev–Trinajstić information content (AvgIpc) is 3.00. The fraction of sp³-hybridized carbons (Fsp3) is 1.00. The second kappa shape index (κ2) is 3.99. The highest BCUT2D eigenvalue weighted by atomic mass is 15.3. The second-order valence-corrected chi connectivity index (χ2v) is 6.62. The van der Waals surface area contributed by atoms with Gasteiger partial charge in [0.05, 0.1) is 0 Å². The third-order valence-electron chi connectivity index (χ3n) is 5.19. The fourth-order valence-corrected chi connectivity index (χ4v) is 3.47. The van der Waals surface area contributed by atoms with E-state index in [-0.39, 0.29) is 0 Å². The Hall–Kier alpha value is -0.0800. The SMILES string of the molecule is CC1CN(CC2CCC2)C(C)(C2CC2)CN1. The van der Waals surface area contributed by atoms with Gasteiger partial charge >= 0.3 is 0 Å². The van der Waals surface area contributed by atoms with Gasteiger partial charge in [-0.15, -0.1) is 0 Å². The average molecular weight is 222 g/mol. The number of piperazine rings is 1. The maximum absolute atomic E-state index is 3.69. The van der Waals surface area contributed by atoms with E-state index < -0.39 is 0 Å². The number of nitrogens with one attached hydrogen (secondary N) is 1. The van der Waals surface area contributed by atoms with Gasteiger partial charge in [0, 0.05) is 31.2 Å². The molecule has 2 heteroatoms. The van der Waals surface area contributed by atoms with Gasteiger partial charge in [-0.05, 0) is 51.4 Å². The van der Waals surface area contributed by atoms with Crippen LogP contribution in [0.3, 0.4) is 0 Å². The van der Waals surface area contributed by atoms with E-state index in [1.54, 1.807) is 0 Å². The minimum absolute atomic E-state index is 0.474. The third-order valence-corrected chi connectivity index (χ3v) is 5.19. The number of hydrogen-bond donors (Lipinski definition) is 1. The summed E-state index contributed by atoms with van der Waals surface area (Å²) in [7, 11) is 0. The van der Waals surface area contributed by atoms with Crippen LogP contribution in [0.25, 0.3) is 0 Å². The molecule has 1 aliphatic heterocycles. The Morgan fingerprint density at radius 1 is 1.25 bits per heavy atom. The molecule has 1 heterocycles. The lowest BCUT2D eigenvalue weighted by molar-refractivity contribution is 0.0138. The van der Waals surface area contributed by atoms with Crippen molar-refractivity contribution in [3.05, 3.63) is 0 Å². The van der Waals surface area contributed by atoms with Crippen LogP contribution in [-0.2, 0) is 0 Å². The zero-order valence-electron chi connectivity index (χ0n) is 10.8. The van der Waals surface area contributed by atoms with Crippen LogP contribution in [0.5, 0.6) is 0 Å². The first-order valence-corrected chi connectivity index (χ1v) is 7.17. The van der Waals surface area contributed by atoms with Crippen molar-refractivity contribution in [2.24, 2.45) is 11.8 Å². The molecule has 2 saturated carbocycles. The smallest absolute Gasteiger partial charge is 0.0334 e. The predicted octanol–water partition coefficient (Wildman–Crippen LogP) is 2.25. The number of hydrogen-bond acceptors (Lipinski definition) is 2. The molecule has 3 fully saturated rings. The van der Waals surface area contributed by atoms with Crippen molar-refractivity contribution < 1.29 is 0 Å². The van der Waals surface area contributed by atoms with Crippen LogP contribution in [0.15, 0.2) is 0 Å². The van der Waals surface area contributed by atoms with Crippen molar-refractivity contribution in [1.82, 2.24) is 10.2 Å². The van der Waals surface area contributed by atoms with Crippen molar-refractivity contribution >= 4 is 0 Å². The van der Waals surface area contributed by atoms with E-state index in [0.717, 1.165) is 11.8 Å². The molecule has 16 heavy (non-hydrogen) atoms. The van der Waals surface area contributed by atoms with Crippen molar-refractivity contribution in [3.8, 4) is 0 Å². The molecule has 0 aromatic rings. The van der Waals surface area contributed by atoms with Crippen LogP contribution in [-0.4, -0.2) is 36.1 Å². The van der Waals surface area contributed by atoms with E-state index in [0.29, 0.717) is 11.6 Å². The Labute approximate surface area is 99.8 Å². The highest BCUT2D eigenvalue weighted by molar-refractivity contribution is 5.04. The molecule has 2 unspecified atom stereocenters. The summed E-state index contributed by atoms with van der Waals surface area (Å²) in [4.78, 5) is 2.83. The summed E-state index contributed by atoms with van der Waals surface area (Å²) in [5, 5.41) is 3.69. The zero-order valence-corrected chi connectivity index (χ0v) is 10.8. The lowest BCUT2D eigenvalue weighted by Crippen LogP contribution is -2.64. The first-order chi connectivity index (χ1) is 7.68. The van der Waals surface area contributed by atoms with E-state index in [1.807, 2.05) is 0 Å². The van der Waals surface area contributed by atoms with Crippen LogP contribution < -0.4 is 5.32 Å². The molecule has 0 spiro atoms. The Balaban J connectivity index is 1.68. The Bertz CT molecular complexity index is 257. The van der Waals surface area contributed by atoms with E-state index >= 15 is 0 Å². The summed E-state index contributed by atoms with van der Waals surface area (Å²) in [6.07, 6.45) is 7.38. The molecule has 92 valence electrons. The second-order valence-electron chi connectivity index (χ2n) is 6.62. The summed E-state index contributed by atoms with van der Waals surface area (Å²) < 4.78 is 0. The largest absolute Gasteiger partial charge is 0.311 e. The van der Waals surface area contributed by atoms with Crippen LogP contribution in [0.2, 0.25) is 0 Å². The molecule has 1 N–H and O–H groups in total. The lowest BCUT2D eigenvalue weighted by Gasteiger charge is -2.50. The van der Waals surface area contributed by atoms with E-state index in [2.05, 4.69) is 24.1 Å². The Morgan fingerprint density at radius 2 is 2.00 bits per heavy atom. The van der Waals surface area contributed by atoms with Crippen LogP contribution in [0.4, 0.5) is 0 Å². The molecule has 1 saturated heterocycles. The van der Waals surface area contributed by atoms with Crippen LogP contribution in [0.1, 0.15) is 46.0 Å². The molecule has 3 aliphatic rings. The van der Waals surface area contributed by atoms with Gasteiger partial charge in [0.25, 0.3) is 0 Å². The van der Waals surface area contributed by atoms with E-state index in [1.165, 1.54) is 51.7 Å². The van der Waals surface area contributed by atoms with Gasteiger partial charge in [0.2, 0.25) is 0 Å². The maximum atomic E-state index is 3.69. The Kier molecular flexibility index (Phi) is 2.75. The molecule has 0 amide bonds. The molecule has 0 aromatic carbocycles. The molecule has 0 aromatic heterocycles. The highest BCUT2D eigenvalue weighted by Gasteiger charge is 2.48. The molecule has 2 nitrogen and oxygen atoms in total. The van der Waals surface area contributed by atoms with Gasteiger partial charge in [0.1, 0.15) is 0 Å². The molecular formula is C14H26N2. The Morgan fingerprint density at radius 3 is 2.56 bits per heavy atom. The molecular weight excluding hydrogens is 196 g/mol. The zero-order chi connectivity index (χ0) is 11.2. The predicted molar refractivity (Wildman–Crippen MR) is 67.5 cm³/mol. The maximum Gasteiger partial charge on any atom is 0.0334 e. The van der Waals surface area contributed by atoms with Gasteiger partial charge in [-0.25, -0.2) is 0 Å². The molecule has 0 radical (unpaired) electrons. The summed E-state index contributed by atoms with van der Waals surface area (Å²) >= 11 is 0. The van der Waals surface area contributed by atoms with Crippen molar-refractivity contribution in [1.29, 1.82) is 0 Å². The molecule has 0 bridgehead atoms. The van der Waals surface area contributed by atoms with Gasteiger partial charge < -0.3 is 5.32 Å². The highest BCUT2D eigenvalue weighted by Crippen LogP contribution is 2.44. The quantitative estimate of drug-likeness (QED) is 0.788. The minimum atomic E-state index is 0.474. The van der Waals surface area contributed by atoms with Gasteiger partial charge in [-0.3, -0.25) is 4.90 Å². The van der Waals surface area contributed by atoms with Gasteiger partial charge in [-0.1, -0.05) is 6.42 Å². The molecule has 3 rings (SSSR count). The van der Waals surface area contributed by atoms with E-state index in [4.69, 9.17) is 0 Å². The summed E-state index contributed by atoms with van der Waals surface area (Å²) in [6, 6.07) is 0.687. The first-order valence-electron chi connectivity index (χ1n) is 7.17. The van der Waals surface area contributed by atoms with Crippen molar-refractivity contribution in [2.75, 3.05) is 19.6 Å². The standard InChI is InChI=1S/C14H26N2/c1-11-8-16(9-12-4-3-5-12)14(2,10-15-11)13-6-7-13/h11-13,15H,3-10H2,1-2H3. The van der Waals surface area contributed by atoms with Gasteiger partial charge in [-0.2, -0.15) is 0 Å². The minimum Gasteiger partial charge on any atom is -0.311 e. The molecule has 2 atom stereocenters. The third kappa shape index (κ3) is 1.91. The monoisotopic (exact) mass is 222 g/mol. The first kappa shape index (κ1) is 11.0. The topological polar surface area (TPSA) is 15.3 Å². The fourth-order valence-electron chi connectivity index (χ4n) is 3.47. The van der Waals surface area contributed by atoms with Crippen molar-refractivity contribution in [2.45, 2.75) is 57.5 Å². The summed E-state index contributed by atoms with van der Waals surface area (Å²) in [5.74, 6) is 2.00. The van der Waals surface area contributed by atoms with Crippen LogP contribution >= 0.6 is 0 Å². The lowest BCUT2D eigenvalue weighted by atomic mass is 9.82. The number of nitrogens with zero attached hydrogens (tertiary/aromatic N) is 1. The van der Waals surface area contributed by atoms with E-state index in [9.17, 15) is 0 Å². The van der Waals surface area contributed by atoms with Crippen molar-refractivity contribution in [3.63, 3.8) is 0 Å². The van der Waals surface area contributed by atoms with Gasteiger partial charge in [0.15, 0.2) is 0 Å².